The molecular formula is C20H27N3O3. The highest BCUT2D eigenvalue weighted by Gasteiger charge is 2.46. The van der Waals surface area contributed by atoms with Gasteiger partial charge in [0, 0.05) is 44.0 Å². The Kier molecular flexibility index (Phi) is 4.61. The SMILES string of the molecule is Cc1cc(C(=O)N2CC[C@]3(CCCNC3=O)C2)ccc1N1CCOCC1. The van der Waals surface area contributed by atoms with Gasteiger partial charge in [-0.15, -0.1) is 0 Å². The summed E-state index contributed by atoms with van der Waals surface area (Å²) < 4.78 is 5.42. The molecule has 1 aromatic carbocycles. The standard InChI is InChI=1S/C20H27N3O3/c1-15-13-16(3-4-17(15)22-9-11-26-12-10-22)18(24)23-8-6-20(14-23)5-2-7-21-19(20)25/h3-4,13H,2,5-12,14H2,1H3,(H,21,25)/t20-/m1/s1. The first-order valence-corrected chi connectivity index (χ1v) is 9.60. The summed E-state index contributed by atoms with van der Waals surface area (Å²) in [4.78, 5) is 29.5. The van der Waals surface area contributed by atoms with Crippen LogP contribution in [0.4, 0.5) is 5.69 Å². The number of anilines is 1. The summed E-state index contributed by atoms with van der Waals surface area (Å²) in [6.45, 7) is 7.29. The Bertz CT molecular complexity index is 714. The van der Waals surface area contributed by atoms with Crippen molar-refractivity contribution in [3.05, 3.63) is 29.3 Å². The fraction of sp³-hybridized carbons (Fsp3) is 0.600. The van der Waals surface area contributed by atoms with E-state index in [0.29, 0.717) is 18.7 Å². The number of nitrogens with one attached hydrogen (secondary N) is 1. The summed E-state index contributed by atoms with van der Waals surface area (Å²) in [5, 5.41) is 2.97. The molecule has 0 bridgehead atoms. The lowest BCUT2D eigenvalue weighted by molar-refractivity contribution is -0.132. The van der Waals surface area contributed by atoms with Crippen LogP contribution in [0.15, 0.2) is 18.2 Å². The van der Waals surface area contributed by atoms with Crippen molar-refractivity contribution >= 4 is 17.5 Å². The van der Waals surface area contributed by atoms with E-state index in [2.05, 4.69) is 17.1 Å². The minimum absolute atomic E-state index is 0.0388. The molecule has 0 aliphatic carbocycles. The molecule has 0 unspecified atom stereocenters. The van der Waals surface area contributed by atoms with Crippen LogP contribution < -0.4 is 10.2 Å². The number of benzene rings is 1. The molecule has 0 saturated carbocycles. The van der Waals surface area contributed by atoms with Crippen molar-refractivity contribution in [2.24, 2.45) is 5.41 Å². The van der Waals surface area contributed by atoms with E-state index in [4.69, 9.17) is 4.74 Å². The zero-order chi connectivity index (χ0) is 18.1. The van der Waals surface area contributed by atoms with Gasteiger partial charge in [0.15, 0.2) is 0 Å². The first-order valence-electron chi connectivity index (χ1n) is 9.60. The molecule has 3 aliphatic rings. The number of rotatable bonds is 2. The van der Waals surface area contributed by atoms with Crippen molar-refractivity contribution in [2.45, 2.75) is 26.2 Å². The van der Waals surface area contributed by atoms with Crippen LogP contribution in [0.2, 0.25) is 0 Å². The molecule has 3 aliphatic heterocycles. The zero-order valence-corrected chi connectivity index (χ0v) is 15.4. The molecule has 1 spiro atoms. The third-order valence-corrected chi connectivity index (χ3v) is 6.04. The lowest BCUT2D eigenvalue weighted by Gasteiger charge is -2.32. The van der Waals surface area contributed by atoms with E-state index in [1.165, 1.54) is 5.69 Å². The molecule has 3 fully saturated rings. The van der Waals surface area contributed by atoms with Crippen LogP contribution in [0.1, 0.15) is 35.2 Å². The Morgan fingerprint density at radius 1 is 1.19 bits per heavy atom. The van der Waals surface area contributed by atoms with Gasteiger partial charge >= 0.3 is 0 Å². The van der Waals surface area contributed by atoms with Gasteiger partial charge in [0.05, 0.1) is 18.6 Å². The van der Waals surface area contributed by atoms with Crippen LogP contribution in [-0.4, -0.2) is 62.7 Å². The van der Waals surface area contributed by atoms with Crippen molar-refractivity contribution < 1.29 is 14.3 Å². The third kappa shape index (κ3) is 3.07. The summed E-state index contributed by atoms with van der Waals surface area (Å²) in [7, 11) is 0. The second kappa shape index (κ2) is 6.91. The topological polar surface area (TPSA) is 61.9 Å². The van der Waals surface area contributed by atoms with E-state index < -0.39 is 0 Å². The Labute approximate surface area is 154 Å². The summed E-state index contributed by atoms with van der Waals surface area (Å²) in [6, 6.07) is 5.96. The number of amides is 2. The maximum atomic E-state index is 13.0. The fourth-order valence-corrected chi connectivity index (χ4v) is 4.50. The molecule has 26 heavy (non-hydrogen) atoms. The van der Waals surface area contributed by atoms with E-state index >= 15 is 0 Å². The van der Waals surface area contributed by atoms with Crippen LogP contribution in [-0.2, 0) is 9.53 Å². The minimum atomic E-state index is -0.364. The highest BCUT2D eigenvalue weighted by atomic mass is 16.5. The molecule has 3 saturated heterocycles. The first-order chi connectivity index (χ1) is 12.6. The predicted octanol–water partition coefficient (Wildman–Crippen LogP) is 1.57. The van der Waals surface area contributed by atoms with Gasteiger partial charge in [0.1, 0.15) is 0 Å². The average Bonchev–Trinajstić information content (AvgIpc) is 3.09. The number of likely N-dealkylation sites (tertiary alicyclic amines) is 1. The largest absolute Gasteiger partial charge is 0.378 e. The smallest absolute Gasteiger partial charge is 0.253 e. The van der Waals surface area contributed by atoms with Crippen molar-refractivity contribution in [3.8, 4) is 0 Å². The molecule has 1 aromatic rings. The number of aryl methyl sites for hydroxylation is 1. The van der Waals surface area contributed by atoms with Crippen LogP contribution >= 0.6 is 0 Å². The molecule has 6 nitrogen and oxygen atoms in total. The van der Waals surface area contributed by atoms with Crippen molar-refractivity contribution in [1.29, 1.82) is 0 Å². The number of carbonyl (C=O) groups excluding carboxylic acids is 2. The molecule has 3 heterocycles. The maximum Gasteiger partial charge on any atom is 0.253 e. The number of carbonyl (C=O) groups is 2. The lowest BCUT2D eigenvalue weighted by Crippen LogP contribution is -2.47. The molecule has 2 amide bonds. The van der Waals surface area contributed by atoms with Gasteiger partial charge < -0.3 is 19.9 Å². The second-order valence-corrected chi connectivity index (χ2v) is 7.72. The highest BCUT2D eigenvalue weighted by Crippen LogP contribution is 2.38. The van der Waals surface area contributed by atoms with E-state index in [-0.39, 0.29) is 17.2 Å². The highest BCUT2D eigenvalue weighted by molar-refractivity contribution is 5.96. The van der Waals surface area contributed by atoms with E-state index in [0.717, 1.165) is 57.7 Å². The van der Waals surface area contributed by atoms with Gasteiger partial charge in [-0.3, -0.25) is 9.59 Å². The number of nitrogens with zero attached hydrogens (tertiary/aromatic N) is 2. The Morgan fingerprint density at radius 3 is 2.73 bits per heavy atom. The quantitative estimate of drug-likeness (QED) is 0.873. The number of ether oxygens (including phenoxy) is 1. The van der Waals surface area contributed by atoms with Crippen LogP contribution in [0.3, 0.4) is 0 Å². The van der Waals surface area contributed by atoms with Crippen molar-refractivity contribution in [3.63, 3.8) is 0 Å². The molecule has 1 atom stereocenters. The van der Waals surface area contributed by atoms with Crippen molar-refractivity contribution in [1.82, 2.24) is 10.2 Å². The number of piperidine rings is 1. The minimum Gasteiger partial charge on any atom is -0.378 e. The van der Waals surface area contributed by atoms with E-state index in [9.17, 15) is 9.59 Å². The molecular weight excluding hydrogens is 330 g/mol. The summed E-state index contributed by atoms with van der Waals surface area (Å²) in [5.74, 6) is 0.162. The Balaban J connectivity index is 1.48. The number of morpholine rings is 1. The van der Waals surface area contributed by atoms with E-state index in [1.807, 2.05) is 23.1 Å². The maximum absolute atomic E-state index is 13.0. The summed E-state index contributed by atoms with van der Waals surface area (Å²) >= 11 is 0. The molecule has 140 valence electrons. The molecule has 4 rings (SSSR count). The number of hydrogen-bond acceptors (Lipinski definition) is 4. The van der Waals surface area contributed by atoms with Gasteiger partial charge in [-0.25, -0.2) is 0 Å². The Morgan fingerprint density at radius 2 is 2.00 bits per heavy atom. The molecule has 1 N–H and O–H groups in total. The first kappa shape index (κ1) is 17.3. The van der Waals surface area contributed by atoms with Gasteiger partial charge in [-0.05, 0) is 49.9 Å². The molecule has 0 radical (unpaired) electrons. The molecule has 0 aromatic heterocycles. The summed E-state index contributed by atoms with van der Waals surface area (Å²) in [5.41, 5.74) is 2.64. The fourth-order valence-electron chi connectivity index (χ4n) is 4.50. The second-order valence-electron chi connectivity index (χ2n) is 7.72. The van der Waals surface area contributed by atoms with Crippen LogP contribution in [0.25, 0.3) is 0 Å². The third-order valence-electron chi connectivity index (χ3n) is 6.04. The molecule has 6 heteroatoms. The lowest BCUT2D eigenvalue weighted by atomic mass is 9.79. The van der Waals surface area contributed by atoms with Crippen LogP contribution in [0, 0.1) is 12.3 Å². The average molecular weight is 357 g/mol. The van der Waals surface area contributed by atoms with E-state index in [1.54, 1.807) is 0 Å². The van der Waals surface area contributed by atoms with Gasteiger partial charge in [-0.1, -0.05) is 0 Å². The Hall–Kier alpha value is -2.08. The number of hydrogen-bond donors (Lipinski definition) is 1. The van der Waals surface area contributed by atoms with Gasteiger partial charge in [-0.2, -0.15) is 0 Å². The predicted molar refractivity (Wildman–Crippen MR) is 99.4 cm³/mol. The summed E-state index contributed by atoms with van der Waals surface area (Å²) in [6.07, 6.45) is 2.66. The van der Waals surface area contributed by atoms with Gasteiger partial charge in [0.2, 0.25) is 5.91 Å². The van der Waals surface area contributed by atoms with Gasteiger partial charge in [0.25, 0.3) is 5.91 Å². The monoisotopic (exact) mass is 357 g/mol. The normalized spacial score (nSPS) is 26.3. The van der Waals surface area contributed by atoms with Crippen LogP contribution in [0.5, 0.6) is 0 Å². The van der Waals surface area contributed by atoms with Crippen molar-refractivity contribution in [2.75, 3.05) is 50.8 Å². The zero-order valence-electron chi connectivity index (χ0n) is 15.4.